The zero-order valence-corrected chi connectivity index (χ0v) is 15.5. The van der Waals surface area contributed by atoms with Gasteiger partial charge in [0.15, 0.2) is 0 Å². The average molecular weight is 368 g/mol. The Labute approximate surface area is 157 Å². The molecule has 0 fully saturated rings. The van der Waals surface area contributed by atoms with E-state index < -0.39 is 16.6 Å². The molecule has 2 aromatic rings. The van der Waals surface area contributed by atoms with E-state index in [1.165, 1.54) is 19.2 Å². The maximum atomic E-state index is 12.0. The van der Waals surface area contributed by atoms with E-state index in [2.05, 4.69) is 17.2 Å². The minimum Gasteiger partial charge on any atom is -0.495 e. The molecular weight excluding hydrogens is 348 g/mol. The predicted octanol–water partition coefficient (Wildman–Crippen LogP) is 4.35. The third-order valence-electron chi connectivity index (χ3n) is 3.27. The van der Waals surface area contributed by atoms with Gasteiger partial charge in [0.05, 0.1) is 17.6 Å². The van der Waals surface area contributed by atoms with Crippen LogP contribution in [0.25, 0.3) is 0 Å². The first-order chi connectivity index (χ1) is 12.7. The minimum atomic E-state index is -0.796. The molecule has 0 aliphatic carbocycles. The van der Waals surface area contributed by atoms with Crippen molar-refractivity contribution < 1.29 is 19.2 Å². The van der Waals surface area contributed by atoms with Gasteiger partial charge in [0.2, 0.25) is 0 Å². The molecule has 0 aliphatic rings. The number of nitrogens with one attached hydrogen (secondary N) is 1. The molecule has 7 heteroatoms. The van der Waals surface area contributed by atoms with Crippen LogP contribution in [0.4, 0.5) is 16.2 Å². The second-order valence-electron chi connectivity index (χ2n) is 6.57. The highest BCUT2D eigenvalue weighted by molar-refractivity contribution is 5.89. The molecule has 0 saturated carbocycles. The zero-order chi connectivity index (χ0) is 20.0. The molecule has 140 valence electrons. The molecule has 0 bridgehead atoms. The van der Waals surface area contributed by atoms with E-state index >= 15 is 0 Å². The van der Waals surface area contributed by atoms with Crippen molar-refractivity contribution in [2.75, 3.05) is 12.4 Å². The summed E-state index contributed by atoms with van der Waals surface area (Å²) in [5, 5.41) is 13.8. The van der Waals surface area contributed by atoms with Gasteiger partial charge in [-0.3, -0.25) is 15.4 Å². The minimum absolute atomic E-state index is 0.0311. The van der Waals surface area contributed by atoms with Crippen LogP contribution in [0, 0.1) is 22.0 Å². The van der Waals surface area contributed by atoms with E-state index in [4.69, 9.17) is 9.47 Å². The Morgan fingerprint density at radius 3 is 2.37 bits per heavy atom. The largest absolute Gasteiger partial charge is 0.495 e. The summed E-state index contributed by atoms with van der Waals surface area (Å²) < 4.78 is 10.4. The van der Waals surface area contributed by atoms with Crippen molar-refractivity contribution in [1.82, 2.24) is 0 Å². The van der Waals surface area contributed by atoms with Gasteiger partial charge in [0.1, 0.15) is 17.0 Å². The Kier molecular flexibility index (Phi) is 6.03. The first-order valence-electron chi connectivity index (χ1n) is 8.13. The standard InChI is InChI=1S/C20H20N2O5/c1-20(2,3)27-19(23)21-16-13-18(26-4)15(12-17(16)22(24)25)11-10-14-8-6-5-7-9-14/h5-9,12-13H,1-4H3,(H,21,23). The van der Waals surface area contributed by atoms with Crippen LogP contribution < -0.4 is 10.1 Å². The number of carbonyl (C=O) groups is 1. The molecule has 0 atom stereocenters. The molecule has 0 spiro atoms. The molecule has 0 radical (unpaired) electrons. The maximum Gasteiger partial charge on any atom is 0.412 e. The Bertz CT molecular complexity index is 906. The monoisotopic (exact) mass is 368 g/mol. The molecular formula is C20H20N2O5. The van der Waals surface area contributed by atoms with E-state index in [1.54, 1.807) is 20.8 Å². The summed E-state index contributed by atoms with van der Waals surface area (Å²) in [6.45, 7) is 5.09. The number of rotatable bonds is 3. The van der Waals surface area contributed by atoms with Crippen LogP contribution in [0.5, 0.6) is 5.75 Å². The molecule has 2 aromatic carbocycles. The fourth-order valence-electron chi connectivity index (χ4n) is 2.16. The van der Waals surface area contributed by atoms with E-state index in [0.717, 1.165) is 5.56 Å². The molecule has 0 aromatic heterocycles. The highest BCUT2D eigenvalue weighted by atomic mass is 16.6. The Balaban J connectivity index is 2.41. The number of nitrogens with zero attached hydrogens (tertiary/aromatic N) is 1. The lowest BCUT2D eigenvalue weighted by Crippen LogP contribution is -2.27. The SMILES string of the molecule is COc1cc(NC(=O)OC(C)(C)C)c([N+](=O)[O-])cc1C#Cc1ccccc1. The van der Waals surface area contributed by atoms with Gasteiger partial charge in [-0.25, -0.2) is 4.79 Å². The van der Waals surface area contributed by atoms with Crippen molar-refractivity contribution in [3.63, 3.8) is 0 Å². The molecule has 0 heterocycles. The van der Waals surface area contributed by atoms with Gasteiger partial charge in [0.25, 0.3) is 5.69 Å². The second kappa shape index (κ2) is 8.23. The average Bonchev–Trinajstić information content (AvgIpc) is 2.59. The number of anilines is 1. The highest BCUT2D eigenvalue weighted by Gasteiger charge is 2.23. The molecule has 0 saturated heterocycles. The fraction of sp³-hybridized carbons (Fsp3) is 0.250. The normalized spacial score (nSPS) is 10.4. The van der Waals surface area contributed by atoms with E-state index in [9.17, 15) is 14.9 Å². The smallest absolute Gasteiger partial charge is 0.412 e. The molecule has 7 nitrogen and oxygen atoms in total. The summed E-state index contributed by atoms with van der Waals surface area (Å²) >= 11 is 0. The summed E-state index contributed by atoms with van der Waals surface area (Å²) in [7, 11) is 1.42. The number of nitro groups is 1. The van der Waals surface area contributed by atoms with Crippen LogP contribution in [0.2, 0.25) is 0 Å². The number of hydrogen-bond donors (Lipinski definition) is 1. The van der Waals surface area contributed by atoms with Gasteiger partial charge < -0.3 is 9.47 Å². The number of nitro benzene ring substituents is 1. The first-order valence-corrected chi connectivity index (χ1v) is 8.13. The van der Waals surface area contributed by atoms with Crippen molar-refractivity contribution in [3.8, 4) is 17.6 Å². The topological polar surface area (TPSA) is 90.7 Å². The van der Waals surface area contributed by atoms with Gasteiger partial charge in [-0.15, -0.1) is 0 Å². The van der Waals surface area contributed by atoms with E-state index in [1.807, 2.05) is 30.3 Å². The van der Waals surface area contributed by atoms with Crippen molar-refractivity contribution >= 4 is 17.5 Å². The quantitative estimate of drug-likeness (QED) is 0.494. The Hall–Kier alpha value is -3.53. The van der Waals surface area contributed by atoms with Crippen molar-refractivity contribution in [1.29, 1.82) is 0 Å². The number of methoxy groups -OCH3 is 1. The Morgan fingerprint density at radius 2 is 1.81 bits per heavy atom. The van der Waals surface area contributed by atoms with Crippen LogP contribution >= 0.6 is 0 Å². The molecule has 1 N–H and O–H groups in total. The predicted molar refractivity (Wildman–Crippen MR) is 102 cm³/mol. The Morgan fingerprint density at radius 1 is 1.15 bits per heavy atom. The van der Waals surface area contributed by atoms with Gasteiger partial charge in [0, 0.05) is 17.7 Å². The van der Waals surface area contributed by atoms with Crippen LogP contribution in [0.1, 0.15) is 31.9 Å². The van der Waals surface area contributed by atoms with Crippen LogP contribution in [-0.4, -0.2) is 23.7 Å². The summed E-state index contributed by atoms with van der Waals surface area (Å²) in [5.74, 6) is 6.10. The molecule has 0 unspecified atom stereocenters. The number of ether oxygens (including phenoxy) is 2. The molecule has 27 heavy (non-hydrogen) atoms. The van der Waals surface area contributed by atoms with Gasteiger partial charge in [-0.2, -0.15) is 0 Å². The molecule has 0 aliphatic heterocycles. The number of amides is 1. The number of carbonyl (C=O) groups excluding carboxylic acids is 1. The lowest BCUT2D eigenvalue weighted by atomic mass is 10.1. The lowest BCUT2D eigenvalue weighted by molar-refractivity contribution is -0.384. The van der Waals surface area contributed by atoms with Gasteiger partial charge in [-0.1, -0.05) is 30.0 Å². The van der Waals surface area contributed by atoms with Crippen molar-refractivity contribution in [2.24, 2.45) is 0 Å². The lowest BCUT2D eigenvalue weighted by Gasteiger charge is -2.19. The summed E-state index contributed by atoms with van der Waals surface area (Å²) in [5.41, 5.74) is 0.0284. The summed E-state index contributed by atoms with van der Waals surface area (Å²) in [6.07, 6.45) is -0.796. The summed E-state index contributed by atoms with van der Waals surface area (Å²) in [4.78, 5) is 22.8. The van der Waals surface area contributed by atoms with E-state index in [0.29, 0.717) is 11.3 Å². The van der Waals surface area contributed by atoms with Crippen LogP contribution in [0.3, 0.4) is 0 Å². The molecule has 1 amide bonds. The molecule has 2 rings (SSSR count). The van der Waals surface area contributed by atoms with Crippen molar-refractivity contribution in [3.05, 3.63) is 63.7 Å². The zero-order valence-electron chi connectivity index (χ0n) is 15.5. The van der Waals surface area contributed by atoms with Crippen molar-refractivity contribution in [2.45, 2.75) is 26.4 Å². The maximum absolute atomic E-state index is 12.0. The second-order valence-corrected chi connectivity index (χ2v) is 6.57. The van der Waals surface area contributed by atoms with Crippen LogP contribution in [-0.2, 0) is 4.74 Å². The fourth-order valence-corrected chi connectivity index (χ4v) is 2.16. The van der Waals surface area contributed by atoms with Gasteiger partial charge >= 0.3 is 6.09 Å². The number of benzene rings is 2. The van der Waals surface area contributed by atoms with Crippen LogP contribution in [0.15, 0.2) is 42.5 Å². The highest BCUT2D eigenvalue weighted by Crippen LogP contribution is 2.32. The van der Waals surface area contributed by atoms with Gasteiger partial charge in [-0.05, 0) is 32.9 Å². The number of hydrogen-bond acceptors (Lipinski definition) is 5. The summed E-state index contributed by atoms with van der Waals surface area (Å²) in [6, 6.07) is 11.8. The third kappa shape index (κ3) is 5.75. The van der Waals surface area contributed by atoms with E-state index in [-0.39, 0.29) is 11.4 Å². The third-order valence-corrected chi connectivity index (χ3v) is 3.27. The first kappa shape index (κ1) is 19.8.